The van der Waals surface area contributed by atoms with Gasteiger partial charge in [0.1, 0.15) is 11.6 Å². The Labute approximate surface area is 169 Å². The first-order valence-electron chi connectivity index (χ1n) is 9.69. The average molecular weight is 390 g/mol. The van der Waals surface area contributed by atoms with Crippen LogP contribution in [0.2, 0.25) is 0 Å². The molecule has 0 radical (unpaired) electrons. The van der Waals surface area contributed by atoms with Gasteiger partial charge in [-0.1, -0.05) is 29.8 Å². The maximum Gasteiger partial charge on any atom is 0.254 e. The van der Waals surface area contributed by atoms with E-state index in [9.17, 15) is 9.18 Å². The van der Waals surface area contributed by atoms with E-state index < -0.39 is 0 Å². The molecule has 0 bridgehead atoms. The quantitative estimate of drug-likeness (QED) is 0.724. The Morgan fingerprint density at radius 1 is 1.00 bits per heavy atom. The third kappa shape index (κ3) is 4.37. The van der Waals surface area contributed by atoms with Gasteiger partial charge in [-0.3, -0.25) is 4.79 Å². The van der Waals surface area contributed by atoms with Crippen LogP contribution >= 0.6 is 0 Å². The second-order valence-corrected chi connectivity index (χ2v) is 7.15. The molecule has 5 nitrogen and oxygen atoms in total. The third-order valence-corrected chi connectivity index (χ3v) is 5.09. The van der Waals surface area contributed by atoms with Crippen molar-refractivity contribution in [3.8, 4) is 0 Å². The molecule has 0 unspecified atom stereocenters. The van der Waals surface area contributed by atoms with Gasteiger partial charge in [0.25, 0.3) is 5.91 Å². The molecule has 1 amide bonds. The van der Waals surface area contributed by atoms with Gasteiger partial charge in [0, 0.05) is 43.6 Å². The number of carbonyl (C=O) groups excluding carboxylic acids is 1. The number of aromatic nitrogens is 1. The second-order valence-electron chi connectivity index (χ2n) is 7.15. The number of nitrogens with zero attached hydrogens (tertiary/aromatic N) is 3. The predicted octanol–water partition coefficient (Wildman–Crippen LogP) is 4.24. The molecule has 6 heteroatoms. The Morgan fingerprint density at radius 3 is 2.45 bits per heavy atom. The van der Waals surface area contributed by atoms with E-state index in [1.54, 1.807) is 30.5 Å². The first-order valence-corrected chi connectivity index (χ1v) is 9.69. The summed E-state index contributed by atoms with van der Waals surface area (Å²) in [5, 5.41) is 3.23. The van der Waals surface area contributed by atoms with Crippen LogP contribution in [-0.2, 0) is 0 Å². The van der Waals surface area contributed by atoms with Crippen molar-refractivity contribution in [1.82, 2.24) is 9.88 Å². The number of rotatable bonds is 4. The van der Waals surface area contributed by atoms with Crippen LogP contribution in [0.3, 0.4) is 0 Å². The van der Waals surface area contributed by atoms with Gasteiger partial charge in [-0.15, -0.1) is 0 Å². The number of para-hydroxylation sites is 1. The van der Waals surface area contributed by atoms with Gasteiger partial charge < -0.3 is 15.1 Å². The minimum Gasteiger partial charge on any atom is -0.366 e. The summed E-state index contributed by atoms with van der Waals surface area (Å²) in [7, 11) is 0. The topological polar surface area (TPSA) is 48.5 Å². The van der Waals surface area contributed by atoms with Crippen molar-refractivity contribution in [3.05, 3.63) is 83.8 Å². The highest BCUT2D eigenvalue weighted by Crippen LogP contribution is 2.21. The van der Waals surface area contributed by atoms with Crippen LogP contribution in [0.25, 0.3) is 0 Å². The highest BCUT2D eigenvalue weighted by molar-refractivity contribution is 5.95. The molecule has 1 aromatic heterocycles. The lowest BCUT2D eigenvalue weighted by Crippen LogP contribution is -2.49. The number of halogens is 1. The van der Waals surface area contributed by atoms with Crippen molar-refractivity contribution in [1.29, 1.82) is 0 Å². The first kappa shape index (κ1) is 18.9. The highest BCUT2D eigenvalue weighted by Gasteiger charge is 2.23. The van der Waals surface area contributed by atoms with Crippen LogP contribution in [0.15, 0.2) is 66.9 Å². The average Bonchev–Trinajstić information content (AvgIpc) is 2.76. The van der Waals surface area contributed by atoms with Crippen LogP contribution in [0, 0.1) is 12.7 Å². The number of aryl methyl sites for hydroxylation is 1. The van der Waals surface area contributed by atoms with E-state index >= 15 is 0 Å². The number of carbonyl (C=O) groups is 1. The summed E-state index contributed by atoms with van der Waals surface area (Å²) >= 11 is 0. The molecule has 3 aromatic rings. The zero-order chi connectivity index (χ0) is 20.2. The van der Waals surface area contributed by atoms with E-state index in [4.69, 9.17) is 0 Å². The first-order chi connectivity index (χ1) is 14.1. The van der Waals surface area contributed by atoms with E-state index in [1.165, 1.54) is 11.6 Å². The lowest BCUT2D eigenvalue weighted by Gasteiger charge is -2.36. The summed E-state index contributed by atoms with van der Waals surface area (Å²) in [4.78, 5) is 21.0. The van der Waals surface area contributed by atoms with Gasteiger partial charge in [0.15, 0.2) is 0 Å². The van der Waals surface area contributed by atoms with Crippen molar-refractivity contribution >= 4 is 23.1 Å². The van der Waals surface area contributed by atoms with Crippen molar-refractivity contribution < 1.29 is 9.18 Å². The Bertz CT molecular complexity index is 998. The van der Waals surface area contributed by atoms with Crippen LogP contribution < -0.4 is 10.2 Å². The van der Waals surface area contributed by atoms with E-state index in [0.717, 1.165) is 5.69 Å². The monoisotopic (exact) mass is 390 g/mol. The predicted molar refractivity (Wildman–Crippen MR) is 113 cm³/mol. The van der Waals surface area contributed by atoms with E-state index in [1.807, 2.05) is 47.1 Å². The second kappa shape index (κ2) is 8.31. The lowest BCUT2D eigenvalue weighted by molar-refractivity contribution is 0.0746. The van der Waals surface area contributed by atoms with Gasteiger partial charge in [0.2, 0.25) is 0 Å². The standard InChI is InChI=1S/C23H23FN4O/c1-17-6-8-19(9-7-17)26-22-16-18(10-11-25-22)23(29)28-14-12-27(13-15-28)21-5-3-2-4-20(21)24/h2-11,16H,12-15H2,1H3,(H,25,26). The fourth-order valence-electron chi connectivity index (χ4n) is 3.46. The molecule has 0 atom stereocenters. The maximum absolute atomic E-state index is 14.0. The van der Waals surface area contributed by atoms with E-state index in [-0.39, 0.29) is 11.7 Å². The Hall–Kier alpha value is -3.41. The highest BCUT2D eigenvalue weighted by atomic mass is 19.1. The molecular weight excluding hydrogens is 367 g/mol. The van der Waals surface area contributed by atoms with Crippen LogP contribution in [0.1, 0.15) is 15.9 Å². The Balaban J connectivity index is 1.41. The fourth-order valence-corrected chi connectivity index (χ4v) is 3.46. The molecule has 29 heavy (non-hydrogen) atoms. The number of hydrogen-bond donors (Lipinski definition) is 1. The van der Waals surface area contributed by atoms with Crippen LogP contribution in [-0.4, -0.2) is 42.0 Å². The minimum absolute atomic E-state index is 0.0347. The fraction of sp³-hybridized carbons (Fsp3) is 0.217. The number of piperazine rings is 1. The van der Waals surface area contributed by atoms with Crippen LogP contribution in [0.5, 0.6) is 0 Å². The molecule has 0 spiro atoms. The minimum atomic E-state index is -0.228. The van der Waals surface area contributed by atoms with Gasteiger partial charge in [-0.25, -0.2) is 9.37 Å². The van der Waals surface area contributed by atoms with Crippen molar-refractivity contribution in [2.24, 2.45) is 0 Å². The van der Waals surface area contributed by atoms with Crippen LogP contribution in [0.4, 0.5) is 21.6 Å². The number of nitrogens with one attached hydrogen (secondary N) is 1. The summed E-state index contributed by atoms with van der Waals surface area (Å²) in [6.45, 7) is 4.35. The summed E-state index contributed by atoms with van der Waals surface area (Å²) in [5.41, 5.74) is 3.29. The summed E-state index contributed by atoms with van der Waals surface area (Å²) in [6, 6.07) is 18.3. The molecule has 0 aliphatic carbocycles. The lowest BCUT2D eigenvalue weighted by atomic mass is 10.2. The van der Waals surface area contributed by atoms with E-state index in [2.05, 4.69) is 10.3 Å². The molecule has 1 aliphatic rings. The van der Waals surface area contributed by atoms with Crippen molar-refractivity contribution in [2.75, 3.05) is 36.4 Å². The van der Waals surface area contributed by atoms with Gasteiger partial charge in [-0.2, -0.15) is 0 Å². The van der Waals surface area contributed by atoms with Gasteiger partial charge >= 0.3 is 0 Å². The Kier molecular flexibility index (Phi) is 5.42. The normalized spacial score (nSPS) is 14.0. The Morgan fingerprint density at radius 2 is 1.72 bits per heavy atom. The number of benzene rings is 2. The zero-order valence-electron chi connectivity index (χ0n) is 16.3. The van der Waals surface area contributed by atoms with Crippen molar-refractivity contribution in [3.63, 3.8) is 0 Å². The number of pyridine rings is 1. The number of hydrogen-bond acceptors (Lipinski definition) is 4. The van der Waals surface area contributed by atoms with E-state index in [0.29, 0.717) is 43.2 Å². The zero-order valence-corrected chi connectivity index (χ0v) is 16.3. The maximum atomic E-state index is 14.0. The summed E-state index contributed by atoms with van der Waals surface area (Å²) in [6.07, 6.45) is 1.64. The van der Waals surface area contributed by atoms with Gasteiger partial charge in [-0.05, 0) is 43.3 Å². The molecule has 148 valence electrons. The molecule has 2 heterocycles. The molecule has 1 aliphatic heterocycles. The third-order valence-electron chi connectivity index (χ3n) is 5.09. The molecular formula is C23H23FN4O. The molecule has 1 saturated heterocycles. The van der Waals surface area contributed by atoms with Gasteiger partial charge in [0.05, 0.1) is 5.69 Å². The summed E-state index contributed by atoms with van der Waals surface area (Å²) in [5.74, 6) is 0.366. The summed E-state index contributed by atoms with van der Waals surface area (Å²) < 4.78 is 14.0. The smallest absolute Gasteiger partial charge is 0.254 e. The molecule has 4 rings (SSSR count). The largest absolute Gasteiger partial charge is 0.366 e. The molecule has 1 fully saturated rings. The molecule has 2 aromatic carbocycles. The number of anilines is 3. The molecule has 0 saturated carbocycles. The number of amides is 1. The SMILES string of the molecule is Cc1ccc(Nc2cc(C(=O)N3CCN(c4ccccc4F)CC3)ccn2)cc1. The molecule has 1 N–H and O–H groups in total. The van der Waals surface area contributed by atoms with Crippen molar-refractivity contribution in [2.45, 2.75) is 6.92 Å².